The van der Waals surface area contributed by atoms with Crippen LogP contribution in [0.4, 0.5) is 0 Å². The lowest BCUT2D eigenvalue weighted by Crippen LogP contribution is -2.06. The fourth-order valence-corrected chi connectivity index (χ4v) is 1.85. The fourth-order valence-electron chi connectivity index (χ4n) is 1.85. The summed E-state index contributed by atoms with van der Waals surface area (Å²) in [6, 6.07) is 3.02. The highest BCUT2D eigenvalue weighted by molar-refractivity contribution is 5.95. The topological polar surface area (TPSA) is 65.7 Å². The van der Waals surface area contributed by atoms with E-state index in [1.807, 2.05) is 0 Å². The SMILES string of the molecule is O=C1CCCCOCCCCOC(=O)c2ccc1o2. The van der Waals surface area contributed by atoms with Gasteiger partial charge < -0.3 is 13.9 Å². The number of carbonyl (C=O) groups excluding carboxylic acids is 2. The number of ether oxygens (including phenoxy) is 2. The molecule has 2 bridgehead atoms. The number of ketones is 1. The van der Waals surface area contributed by atoms with Gasteiger partial charge in [-0.15, -0.1) is 0 Å². The Bertz CT molecular complexity index is 396. The maximum Gasteiger partial charge on any atom is 0.374 e. The number of carbonyl (C=O) groups is 2. The average molecular weight is 266 g/mol. The molecule has 19 heavy (non-hydrogen) atoms. The predicted molar refractivity (Wildman–Crippen MR) is 67.2 cm³/mol. The van der Waals surface area contributed by atoms with Crippen molar-refractivity contribution in [1.82, 2.24) is 0 Å². The first-order valence-corrected chi connectivity index (χ1v) is 6.65. The molecule has 0 unspecified atom stereocenters. The molecule has 5 heteroatoms. The van der Waals surface area contributed by atoms with Gasteiger partial charge in [0, 0.05) is 19.6 Å². The Balaban J connectivity index is 2.00. The molecular weight excluding hydrogens is 248 g/mol. The summed E-state index contributed by atoms with van der Waals surface area (Å²) in [5.74, 6) is -0.291. The normalized spacial score (nSPS) is 19.4. The lowest BCUT2D eigenvalue weighted by Gasteiger charge is -2.04. The van der Waals surface area contributed by atoms with E-state index >= 15 is 0 Å². The van der Waals surface area contributed by atoms with E-state index in [9.17, 15) is 9.59 Å². The average Bonchev–Trinajstić information content (AvgIpc) is 2.89. The van der Waals surface area contributed by atoms with Crippen molar-refractivity contribution in [2.45, 2.75) is 32.1 Å². The third-order valence-electron chi connectivity index (χ3n) is 2.94. The molecular formula is C14H18O5. The van der Waals surface area contributed by atoms with Crippen molar-refractivity contribution in [1.29, 1.82) is 0 Å². The number of hydrogen-bond acceptors (Lipinski definition) is 5. The molecule has 0 radical (unpaired) electrons. The van der Waals surface area contributed by atoms with Crippen molar-refractivity contribution in [3.63, 3.8) is 0 Å². The van der Waals surface area contributed by atoms with Crippen molar-refractivity contribution in [2.75, 3.05) is 19.8 Å². The number of cyclic esters (lactones) is 1. The fraction of sp³-hybridized carbons (Fsp3) is 0.571. The summed E-state index contributed by atoms with van der Waals surface area (Å²) in [6.45, 7) is 1.67. The molecule has 0 saturated carbocycles. The van der Waals surface area contributed by atoms with Crippen molar-refractivity contribution in [3.8, 4) is 0 Å². The molecule has 1 aromatic rings. The van der Waals surface area contributed by atoms with Crippen LogP contribution in [-0.4, -0.2) is 31.6 Å². The molecule has 0 spiro atoms. The highest BCUT2D eigenvalue weighted by atomic mass is 16.5. The monoisotopic (exact) mass is 266 g/mol. The van der Waals surface area contributed by atoms with Gasteiger partial charge in [0.15, 0.2) is 11.5 Å². The van der Waals surface area contributed by atoms with Crippen LogP contribution in [0, 0.1) is 0 Å². The van der Waals surface area contributed by atoms with Crippen LogP contribution in [0.3, 0.4) is 0 Å². The van der Waals surface area contributed by atoms with Gasteiger partial charge in [-0.05, 0) is 37.8 Å². The number of hydrogen-bond donors (Lipinski definition) is 0. The molecule has 0 amide bonds. The summed E-state index contributed by atoms with van der Waals surface area (Å²) >= 11 is 0. The van der Waals surface area contributed by atoms with Gasteiger partial charge in [0.2, 0.25) is 5.76 Å². The van der Waals surface area contributed by atoms with Crippen LogP contribution in [0.25, 0.3) is 0 Å². The molecule has 2 heterocycles. The Morgan fingerprint density at radius 3 is 2.37 bits per heavy atom. The van der Waals surface area contributed by atoms with Gasteiger partial charge in [0.1, 0.15) is 0 Å². The van der Waals surface area contributed by atoms with E-state index in [2.05, 4.69) is 0 Å². The summed E-state index contributed by atoms with van der Waals surface area (Å²) in [5.41, 5.74) is 0. The molecule has 5 nitrogen and oxygen atoms in total. The maximum absolute atomic E-state index is 11.8. The molecule has 0 saturated heterocycles. The minimum atomic E-state index is -0.519. The Kier molecular flexibility index (Phi) is 5.15. The van der Waals surface area contributed by atoms with E-state index in [4.69, 9.17) is 13.9 Å². The smallest absolute Gasteiger partial charge is 0.374 e. The molecule has 1 aromatic heterocycles. The van der Waals surface area contributed by atoms with Gasteiger partial charge in [-0.2, -0.15) is 0 Å². The minimum absolute atomic E-state index is 0.0890. The van der Waals surface area contributed by atoms with Crippen molar-refractivity contribution in [3.05, 3.63) is 23.7 Å². The number of Topliss-reactive ketones (excluding diaryl/α,β-unsaturated/α-hetero) is 1. The second-order valence-corrected chi connectivity index (χ2v) is 4.50. The first-order valence-electron chi connectivity index (χ1n) is 6.65. The van der Waals surface area contributed by atoms with Crippen LogP contribution >= 0.6 is 0 Å². The molecule has 1 aliphatic heterocycles. The van der Waals surface area contributed by atoms with Crippen LogP contribution in [0.15, 0.2) is 16.5 Å². The lowest BCUT2D eigenvalue weighted by atomic mass is 10.1. The number of furan rings is 1. The first kappa shape index (κ1) is 13.8. The van der Waals surface area contributed by atoms with Gasteiger partial charge in [0.05, 0.1) is 6.61 Å². The van der Waals surface area contributed by atoms with E-state index in [1.54, 1.807) is 0 Å². The van der Waals surface area contributed by atoms with Crippen molar-refractivity contribution in [2.24, 2.45) is 0 Å². The van der Waals surface area contributed by atoms with E-state index in [1.165, 1.54) is 12.1 Å². The van der Waals surface area contributed by atoms with Crippen LogP contribution in [0.1, 0.15) is 53.2 Å². The first-order chi connectivity index (χ1) is 9.27. The Hall–Kier alpha value is -1.62. The summed E-state index contributed by atoms with van der Waals surface area (Å²) in [4.78, 5) is 23.4. The Morgan fingerprint density at radius 1 is 0.842 bits per heavy atom. The molecule has 0 aliphatic carbocycles. The number of rotatable bonds is 0. The predicted octanol–water partition coefficient (Wildman–Crippen LogP) is 2.60. The third kappa shape index (κ3) is 4.21. The van der Waals surface area contributed by atoms with Gasteiger partial charge in [0.25, 0.3) is 0 Å². The van der Waals surface area contributed by atoms with Crippen LogP contribution < -0.4 is 0 Å². The molecule has 2 rings (SSSR count). The van der Waals surface area contributed by atoms with Gasteiger partial charge in [-0.25, -0.2) is 4.79 Å². The third-order valence-corrected chi connectivity index (χ3v) is 2.94. The summed E-state index contributed by atoms with van der Waals surface area (Å²) in [6.07, 6.45) is 3.65. The quantitative estimate of drug-likeness (QED) is 0.675. The molecule has 0 aromatic carbocycles. The zero-order chi connectivity index (χ0) is 13.5. The Labute approximate surface area is 111 Å². The molecule has 0 atom stereocenters. The minimum Gasteiger partial charge on any atom is -0.460 e. The molecule has 0 N–H and O–H groups in total. The second kappa shape index (κ2) is 7.09. The number of fused-ring (bicyclic) bond motifs is 2. The van der Waals surface area contributed by atoms with E-state index in [-0.39, 0.29) is 17.3 Å². The summed E-state index contributed by atoms with van der Waals surface area (Å²) in [7, 11) is 0. The summed E-state index contributed by atoms with van der Waals surface area (Å²) in [5, 5.41) is 0. The van der Waals surface area contributed by atoms with E-state index in [0.717, 1.165) is 25.7 Å². The van der Waals surface area contributed by atoms with E-state index < -0.39 is 5.97 Å². The van der Waals surface area contributed by atoms with Gasteiger partial charge >= 0.3 is 5.97 Å². The molecule has 1 aliphatic rings. The molecule has 0 fully saturated rings. The van der Waals surface area contributed by atoms with Crippen LogP contribution in [-0.2, 0) is 9.47 Å². The molecule has 104 valence electrons. The zero-order valence-corrected chi connectivity index (χ0v) is 10.9. The Morgan fingerprint density at radius 2 is 1.53 bits per heavy atom. The highest BCUT2D eigenvalue weighted by Gasteiger charge is 2.16. The van der Waals surface area contributed by atoms with Crippen molar-refractivity contribution >= 4 is 11.8 Å². The van der Waals surface area contributed by atoms with E-state index in [0.29, 0.717) is 26.2 Å². The van der Waals surface area contributed by atoms with Crippen LogP contribution in [0.5, 0.6) is 0 Å². The largest absolute Gasteiger partial charge is 0.460 e. The number of esters is 1. The highest BCUT2D eigenvalue weighted by Crippen LogP contribution is 2.13. The van der Waals surface area contributed by atoms with Gasteiger partial charge in [-0.1, -0.05) is 0 Å². The van der Waals surface area contributed by atoms with Crippen LogP contribution in [0.2, 0.25) is 0 Å². The second-order valence-electron chi connectivity index (χ2n) is 4.50. The zero-order valence-electron chi connectivity index (χ0n) is 10.9. The maximum atomic E-state index is 11.8. The summed E-state index contributed by atoms with van der Waals surface area (Å²) < 4.78 is 15.7. The van der Waals surface area contributed by atoms with Gasteiger partial charge in [-0.3, -0.25) is 4.79 Å². The lowest BCUT2D eigenvalue weighted by molar-refractivity contribution is 0.0445. The standard InChI is InChI=1S/C14H18O5/c15-11-5-1-2-8-17-9-3-4-10-18-14(16)13-7-6-12(11)19-13/h6-7H,1-5,8-10H2. The van der Waals surface area contributed by atoms with Crippen molar-refractivity contribution < 1.29 is 23.5 Å².